The van der Waals surface area contributed by atoms with E-state index >= 15 is 0 Å². The summed E-state index contributed by atoms with van der Waals surface area (Å²) in [5, 5.41) is 5.45. The zero-order valence-electron chi connectivity index (χ0n) is 9.51. The Labute approximate surface area is 90.8 Å². The van der Waals surface area contributed by atoms with Crippen LogP contribution in [0.2, 0.25) is 0 Å². The number of carbonyl (C=O) groups is 2. The molecule has 1 atom stereocenters. The molecule has 2 amide bonds. The summed E-state index contributed by atoms with van der Waals surface area (Å²) in [5.41, 5.74) is 5.20. The molecule has 0 heterocycles. The summed E-state index contributed by atoms with van der Waals surface area (Å²) in [5.74, 6) is -0.133. The minimum Gasteiger partial charge on any atom is -0.356 e. The first-order chi connectivity index (χ1) is 7.10. The Morgan fingerprint density at radius 1 is 1.27 bits per heavy atom. The maximum absolute atomic E-state index is 11.3. The van der Waals surface area contributed by atoms with Crippen LogP contribution in [0.3, 0.4) is 0 Å². The first-order valence-electron chi connectivity index (χ1n) is 5.36. The van der Waals surface area contributed by atoms with Crippen LogP contribution in [0.4, 0.5) is 0 Å². The molecule has 15 heavy (non-hydrogen) atoms. The Balaban J connectivity index is 3.50. The molecule has 5 heteroatoms. The normalized spacial score (nSPS) is 11.9. The molecular weight excluding hydrogens is 194 g/mol. The lowest BCUT2D eigenvalue weighted by Gasteiger charge is -2.11. The first-order valence-corrected chi connectivity index (χ1v) is 5.36. The van der Waals surface area contributed by atoms with Crippen LogP contribution in [0.1, 0.15) is 33.1 Å². The van der Waals surface area contributed by atoms with Crippen molar-refractivity contribution < 1.29 is 9.59 Å². The molecule has 5 nitrogen and oxygen atoms in total. The highest BCUT2D eigenvalue weighted by Gasteiger charge is 2.05. The van der Waals surface area contributed by atoms with Crippen LogP contribution >= 0.6 is 0 Å². The van der Waals surface area contributed by atoms with Gasteiger partial charge in [0, 0.05) is 32.0 Å². The van der Waals surface area contributed by atoms with E-state index in [9.17, 15) is 9.59 Å². The molecule has 0 fully saturated rings. The molecule has 0 aromatic rings. The van der Waals surface area contributed by atoms with Gasteiger partial charge < -0.3 is 16.4 Å². The van der Waals surface area contributed by atoms with E-state index in [1.807, 2.05) is 13.8 Å². The summed E-state index contributed by atoms with van der Waals surface area (Å²) in [7, 11) is 0. The Morgan fingerprint density at radius 3 is 2.47 bits per heavy atom. The predicted molar refractivity (Wildman–Crippen MR) is 59.2 cm³/mol. The zero-order chi connectivity index (χ0) is 11.7. The van der Waals surface area contributed by atoms with Gasteiger partial charge in [-0.25, -0.2) is 0 Å². The summed E-state index contributed by atoms with van der Waals surface area (Å²) >= 11 is 0. The second-order valence-corrected chi connectivity index (χ2v) is 3.52. The maximum atomic E-state index is 11.3. The second kappa shape index (κ2) is 8.23. The summed E-state index contributed by atoms with van der Waals surface area (Å²) in [4.78, 5) is 22.2. The van der Waals surface area contributed by atoms with Gasteiger partial charge in [0.25, 0.3) is 0 Å². The van der Waals surface area contributed by atoms with Crippen LogP contribution in [0.5, 0.6) is 0 Å². The van der Waals surface area contributed by atoms with Crippen LogP contribution < -0.4 is 16.4 Å². The number of rotatable bonds is 7. The number of carbonyl (C=O) groups excluding carboxylic acids is 2. The van der Waals surface area contributed by atoms with E-state index in [1.165, 1.54) is 0 Å². The number of hydrogen-bond donors (Lipinski definition) is 3. The third-order valence-corrected chi connectivity index (χ3v) is 2.07. The smallest absolute Gasteiger partial charge is 0.221 e. The highest BCUT2D eigenvalue weighted by Crippen LogP contribution is 1.89. The van der Waals surface area contributed by atoms with Crippen LogP contribution in [-0.4, -0.2) is 30.9 Å². The van der Waals surface area contributed by atoms with Gasteiger partial charge in [0.2, 0.25) is 11.8 Å². The van der Waals surface area contributed by atoms with E-state index in [0.717, 1.165) is 6.42 Å². The summed E-state index contributed by atoms with van der Waals surface area (Å²) in [6.45, 7) is 4.67. The van der Waals surface area contributed by atoms with Crippen molar-refractivity contribution >= 4 is 11.8 Å². The van der Waals surface area contributed by atoms with Crippen molar-refractivity contribution in [3.05, 3.63) is 0 Å². The number of nitrogens with one attached hydrogen (secondary N) is 2. The highest BCUT2D eigenvalue weighted by atomic mass is 16.2. The van der Waals surface area contributed by atoms with Gasteiger partial charge in [0.05, 0.1) is 0 Å². The number of nitrogens with two attached hydrogens (primary N) is 1. The molecule has 0 aliphatic heterocycles. The molecule has 0 aromatic heterocycles. The summed E-state index contributed by atoms with van der Waals surface area (Å²) in [6, 6.07) is 0.192. The molecule has 1 unspecified atom stereocenters. The minimum atomic E-state index is -0.103. The van der Waals surface area contributed by atoms with Crippen molar-refractivity contribution in [2.75, 3.05) is 13.1 Å². The average Bonchev–Trinajstić information content (AvgIpc) is 2.18. The summed E-state index contributed by atoms with van der Waals surface area (Å²) < 4.78 is 0. The standard InChI is InChI=1S/C10H21N3O2/c1-3-8(2)13-10(15)5-7-12-9(14)4-6-11/h8H,3-7,11H2,1-2H3,(H,12,14)(H,13,15). The van der Waals surface area contributed by atoms with Gasteiger partial charge >= 0.3 is 0 Å². The molecular formula is C10H21N3O2. The summed E-state index contributed by atoms with van der Waals surface area (Å²) in [6.07, 6.45) is 1.54. The van der Waals surface area contributed by atoms with Gasteiger partial charge in [-0.2, -0.15) is 0 Å². The SMILES string of the molecule is CCC(C)NC(=O)CCNC(=O)CCN. The zero-order valence-corrected chi connectivity index (χ0v) is 9.51. The lowest BCUT2D eigenvalue weighted by molar-refractivity contribution is -0.122. The molecule has 0 saturated carbocycles. The van der Waals surface area contributed by atoms with Crippen molar-refractivity contribution in [1.82, 2.24) is 10.6 Å². The van der Waals surface area contributed by atoms with E-state index in [1.54, 1.807) is 0 Å². The van der Waals surface area contributed by atoms with Crippen molar-refractivity contribution in [2.45, 2.75) is 39.2 Å². The van der Waals surface area contributed by atoms with Gasteiger partial charge in [-0.05, 0) is 13.3 Å². The fourth-order valence-corrected chi connectivity index (χ4v) is 0.984. The topological polar surface area (TPSA) is 84.2 Å². The molecule has 0 saturated heterocycles. The molecule has 0 bridgehead atoms. The molecule has 0 aliphatic rings. The fourth-order valence-electron chi connectivity index (χ4n) is 0.984. The third-order valence-electron chi connectivity index (χ3n) is 2.07. The lowest BCUT2D eigenvalue weighted by Crippen LogP contribution is -2.35. The van der Waals surface area contributed by atoms with E-state index in [0.29, 0.717) is 25.9 Å². The second-order valence-electron chi connectivity index (χ2n) is 3.52. The Hall–Kier alpha value is -1.10. The molecule has 88 valence electrons. The maximum Gasteiger partial charge on any atom is 0.221 e. The van der Waals surface area contributed by atoms with Crippen LogP contribution in [0.15, 0.2) is 0 Å². The quantitative estimate of drug-likeness (QED) is 0.548. The van der Waals surface area contributed by atoms with Gasteiger partial charge in [-0.15, -0.1) is 0 Å². The van der Waals surface area contributed by atoms with Crippen LogP contribution in [-0.2, 0) is 9.59 Å². The average molecular weight is 215 g/mol. The van der Waals surface area contributed by atoms with Gasteiger partial charge in [-0.3, -0.25) is 9.59 Å². The minimum absolute atomic E-state index is 0.0302. The van der Waals surface area contributed by atoms with E-state index < -0.39 is 0 Å². The van der Waals surface area contributed by atoms with Crippen molar-refractivity contribution in [3.8, 4) is 0 Å². The molecule has 0 spiro atoms. The van der Waals surface area contributed by atoms with Crippen molar-refractivity contribution in [1.29, 1.82) is 0 Å². The van der Waals surface area contributed by atoms with E-state index in [4.69, 9.17) is 5.73 Å². The number of hydrogen-bond acceptors (Lipinski definition) is 3. The van der Waals surface area contributed by atoms with Crippen molar-refractivity contribution in [2.24, 2.45) is 5.73 Å². The van der Waals surface area contributed by atoms with Gasteiger partial charge in [0.1, 0.15) is 0 Å². The highest BCUT2D eigenvalue weighted by molar-refractivity contribution is 5.79. The first kappa shape index (κ1) is 13.9. The molecule has 0 aromatic carbocycles. The molecule has 4 N–H and O–H groups in total. The van der Waals surface area contributed by atoms with Crippen LogP contribution in [0, 0.1) is 0 Å². The predicted octanol–water partition coefficient (Wildman–Crippen LogP) is -0.244. The van der Waals surface area contributed by atoms with E-state index in [-0.39, 0.29) is 17.9 Å². The molecule has 0 aliphatic carbocycles. The largest absolute Gasteiger partial charge is 0.356 e. The Kier molecular flexibility index (Phi) is 7.62. The van der Waals surface area contributed by atoms with Gasteiger partial charge in [0.15, 0.2) is 0 Å². The Bertz CT molecular complexity index is 207. The van der Waals surface area contributed by atoms with Gasteiger partial charge in [-0.1, -0.05) is 6.92 Å². The van der Waals surface area contributed by atoms with E-state index in [2.05, 4.69) is 10.6 Å². The monoisotopic (exact) mass is 215 g/mol. The van der Waals surface area contributed by atoms with Crippen LogP contribution in [0.25, 0.3) is 0 Å². The Morgan fingerprint density at radius 2 is 1.93 bits per heavy atom. The third kappa shape index (κ3) is 7.93. The number of amides is 2. The van der Waals surface area contributed by atoms with Crippen molar-refractivity contribution in [3.63, 3.8) is 0 Å². The lowest BCUT2D eigenvalue weighted by atomic mass is 10.2. The fraction of sp³-hybridized carbons (Fsp3) is 0.800. The molecule has 0 rings (SSSR count). The molecule has 0 radical (unpaired) electrons.